The first-order valence-electron chi connectivity index (χ1n) is 10.2. The highest BCUT2D eigenvalue weighted by Crippen LogP contribution is 2.49. The van der Waals surface area contributed by atoms with E-state index in [9.17, 15) is 10.1 Å². The lowest BCUT2D eigenvalue weighted by Gasteiger charge is -2.38. The van der Waals surface area contributed by atoms with Crippen molar-refractivity contribution < 1.29 is 14.3 Å². The van der Waals surface area contributed by atoms with Gasteiger partial charge in [-0.15, -0.1) is 10.2 Å². The fourth-order valence-corrected chi connectivity index (χ4v) is 5.93. The number of hydrogen-bond donors (Lipinski definition) is 1. The Morgan fingerprint density at radius 3 is 2.81 bits per heavy atom. The van der Waals surface area contributed by atoms with Gasteiger partial charge in [0.1, 0.15) is 17.3 Å². The summed E-state index contributed by atoms with van der Waals surface area (Å²) in [6.45, 7) is 2.04. The number of nitriles is 1. The number of nitrogens with two attached hydrogens (primary N) is 1. The number of anilines is 1. The number of aromatic nitrogens is 2. The Bertz CT molecular complexity index is 1160. The van der Waals surface area contributed by atoms with E-state index in [1.807, 2.05) is 13.0 Å². The average Bonchev–Trinajstić information content (AvgIpc) is 3.26. The van der Waals surface area contributed by atoms with E-state index >= 15 is 0 Å². The number of Topliss-reactive ketones (excluding diaryl/α,β-unsaturated/α-hetero) is 1. The van der Waals surface area contributed by atoms with Crippen LogP contribution in [0.2, 0.25) is 0 Å². The minimum atomic E-state index is -0.614. The molecule has 0 bridgehead atoms. The summed E-state index contributed by atoms with van der Waals surface area (Å²) in [4.78, 5) is 15.0. The van der Waals surface area contributed by atoms with Gasteiger partial charge in [-0.25, -0.2) is 0 Å². The zero-order valence-corrected chi connectivity index (χ0v) is 19.7. The van der Waals surface area contributed by atoms with Crippen molar-refractivity contribution in [2.24, 2.45) is 5.73 Å². The van der Waals surface area contributed by atoms with Gasteiger partial charge in [-0.3, -0.25) is 9.69 Å². The number of methoxy groups -OCH3 is 2. The van der Waals surface area contributed by atoms with Crippen LogP contribution in [-0.4, -0.2) is 36.0 Å². The van der Waals surface area contributed by atoms with Crippen molar-refractivity contribution in [2.75, 3.05) is 24.9 Å². The van der Waals surface area contributed by atoms with Gasteiger partial charge in [-0.2, -0.15) is 5.26 Å². The highest BCUT2D eigenvalue weighted by atomic mass is 32.2. The molecule has 1 aromatic carbocycles. The van der Waals surface area contributed by atoms with Crippen molar-refractivity contribution in [3.8, 4) is 17.6 Å². The Balaban J connectivity index is 1.93. The van der Waals surface area contributed by atoms with Crippen LogP contribution in [0.15, 0.2) is 45.2 Å². The van der Waals surface area contributed by atoms with Crippen LogP contribution in [0.3, 0.4) is 0 Å². The first-order chi connectivity index (χ1) is 15.5. The molecular formula is C22H23N5O3S2. The molecule has 2 N–H and O–H groups in total. The van der Waals surface area contributed by atoms with Gasteiger partial charge in [0.2, 0.25) is 5.13 Å². The monoisotopic (exact) mass is 469 g/mol. The number of allylic oxidation sites excluding steroid dienone is 3. The maximum atomic E-state index is 13.2. The van der Waals surface area contributed by atoms with Crippen LogP contribution < -0.4 is 20.1 Å². The zero-order chi connectivity index (χ0) is 22.8. The van der Waals surface area contributed by atoms with Crippen molar-refractivity contribution >= 4 is 34.0 Å². The molecule has 1 aromatic heterocycles. The molecular weight excluding hydrogens is 446 g/mol. The van der Waals surface area contributed by atoms with Crippen LogP contribution >= 0.6 is 23.1 Å². The molecule has 1 atom stereocenters. The molecule has 4 rings (SSSR count). The van der Waals surface area contributed by atoms with Crippen LogP contribution in [0.5, 0.6) is 11.5 Å². The molecule has 0 fully saturated rings. The molecule has 0 amide bonds. The zero-order valence-electron chi connectivity index (χ0n) is 18.0. The first-order valence-corrected chi connectivity index (χ1v) is 12.0. The maximum Gasteiger partial charge on any atom is 0.219 e. The molecule has 1 aliphatic carbocycles. The second kappa shape index (κ2) is 9.22. The number of carbonyl (C=O) groups excluding carboxylic acids is 1. The topological polar surface area (TPSA) is 114 Å². The lowest BCUT2D eigenvalue weighted by Crippen LogP contribution is -2.38. The number of hydrogen-bond acceptors (Lipinski definition) is 10. The highest BCUT2D eigenvalue weighted by molar-refractivity contribution is 8.01. The number of nitrogens with zero attached hydrogens (tertiary/aromatic N) is 4. The summed E-state index contributed by atoms with van der Waals surface area (Å²) in [5.74, 6) is 1.69. The lowest BCUT2D eigenvalue weighted by molar-refractivity contribution is -0.116. The quantitative estimate of drug-likeness (QED) is 0.627. The van der Waals surface area contributed by atoms with Gasteiger partial charge in [-0.1, -0.05) is 36.1 Å². The van der Waals surface area contributed by atoms with E-state index in [1.54, 1.807) is 43.0 Å². The highest BCUT2D eigenvalue weighted by Gasteiger charge is 2.42. The van der Waals surface area contributed by atoms with Crippen molar-refractivity contribution in [3.05, 3.63) is 46.4 Å². The van der Waals surface area contributed by atoms with Crippen molar-refractivity contribution in [1.82, 2.24) is 10.2 Å². The predicted molar refractivity (Wildman–Crippen MR) is 124 cm³/mol. The Morgan fingerprint density at radius 2 is 2.12 bits per heavy atom. The molecule has 166 valence electrons. The fraction of sp³-hybridized carbons (Fsp3) is 0.364. The van der Waals surface area contributed by atoms with Gasteiger partial charge in [0.05, 0.1) is 31.8 Å². The smallest absolute Gasteiger partial charge is 0.219 e. The van der Waals surface area contributed by atoms with E-state index in [4.69, 9.17) is 15.2 Å². The summed E-state index contributed by atoms with van der Waals surface area (Å²) in [7, 11) is 3.13. The predicted octanol–water partition coefficient (Wildman–Crippen LogP) is 3.97. The number of carbonyl (C=O) groups is 1. The summed E-state index contributed by atoms with van der Waals surface area (Å²) in [5.41, 5.74) is 8.93. The second-order valence-electron chi connectivity index (χ2n) is 7.21. The molecule has 0 radical (unpaired) electrons. The Labute approximate surface area is 194 Å². The summed E-state index contributed by atoms with van der Waals surface area (Å²) in [6, 6.07) is 7.63. The maximum absolute atomic E-state index is 13.2. The first kappa shape index (κ1) is 22.2. The molecule has 0 spiro atoms. The Kier molecular flexibility index (Phi) is 6.39. The second-order valence-corrected chi connectivity index (χ2v) is 9.67. The van der Waals surface area contributed by atoms with Gasteiger partial charge >= 0.3 is 0 Å². The third kappa shape index (κ3) is 3.72. The van der Waals surface area contributed by atoms with Crippen LogP contribution in [0.25, 0.3) is 0 Å². The van der Waals surface area contributed by atoms with Crippen LogP contribution in [0, 0.1) is 11.3 Å². The summed E-state index contributed by atoms with van der Waals surface area (Å²) >= 11 is 2.99. The fourth-order valence-electron chi connectivity index (χ4n) is 4.15. The molecule has 8 nitrogen and oxygen atoms in total. The standard InChI is InChI=1S/C22H23N5O3S2/c1-4-31-22-26-25-21(32-22)27-15-6-5-7-16(28)19(15)18(14(11-23)20(27)24)13-9-8-12(29-2)10-17(13)30-3/h8-10,18H,4-7,24H2,1-3H3. The van der Waals surface area contributed by atoms with E-state index in [1.165, 1.54) is 11.3 Å². The normalized spacial score (nSPS) is 18.5. The van der Waals surface area contributed by atoms with Gasteiger partial charge in [-0.05, 0) is 24.7 Å². The largest absolute Gasteiger partial charge is 0.497 e. The minimum absolute atomic E-state index is 0.00652. The summed E-state index contributed by atoms with van der Waals surface area (Å²) in [5, 5.41) is 19.2. The van der Waals surface area contributed by atoms with Gasteiger partial charge in [0.15, 0.2) is 10.1 Å². The molecule has 0 saturated carbocycles. The third-order valence-corrected chi connectivity index (χ3v) is 7.44. The summed E-state index contributed by atoms with van der Waals surface area (Å²) in [6.07, 6.45) is 1.80. The molecule has 1 unspecified atom stereocenters. The lowest BCUT2D eigenvalue weighted by atomic mass is 9.75. The Hall–Kier alpha value is -3.03. The average molecular weight is 470 g/mol. The van der Waals surface area contributed by atoms with E-state index in [0.29, 0.717) is 52.6 Å². The van der Waals surface area contributed by atoms with Crippen molar-refractivity contribution in [2.45, 2.75) is 36.4 Å². The molecule has 2 heterocycles. The third-order valence-electron chi connectivity index (χ3n) is 5.52. The van der Waals surface area contributed by atoms with Crippen molar-refractivity contribution in [3.63, 3.8) is 0 Å². The van der Waals surface area contributed by atoms with Crippen LogP contribution in [-0.2, 0) is 4.79 Å². The molecule has 1 aliphatic heterocycles. The Morgan fingerprint density at radius 1 is 1.31 bits per heavy atom. The number of rotatable bonds is 6. The molecule has 10 heteroatoms. The number of ether oxygens (including phenoxy) is 2. The number of thioether (sulfide) groups is 1. The van der Waals surface area contributed by atoms with E-state index < -0.39 is 5.92 Å². The van der Waals surface area contributed by atoms with Gasteiger partial charge in [0, 0.05) is 29.3 Å². The van der Waals surface area contributed by atoms with Crippen LogP contribution in [0.1, 0.15) is 37.7 Å². The van der Waals surface area contributed by atoms with Gasteiger partial charge < -0.3 is 15.2 Å². The van der Waals surface area contributed by atoms with E-state index in [0.717, 1.165) is 15.8 Å². The molecule has 2 aliphatic rings. The van der Waals surface area contributed by atoms with Crippen molar-refractivity contribution in [1.29, 1.82) is 5.26 Å². The van der Waals surface area contributed by atoms with E-state index in [-0.39, 0.29) is 11.6 Å². The molecule has 0 saturated heterocycles. The van der Waals surface area contributed by atoms with E-state index in [2.05, 4.69) is 16.3 Å². The minimum Gasteiger partial charge on any atom is -0.497 e. The SMILES string of the molecule is CCSc1nnc(N2C(N)=C(C#N)C(c3ccc(OC)cc3OC)C3=C2CCCC3=O)s1. The number of benzene rings is 1. The van der Waals surface area contributed by atoms with Gasteiger partial charge in [0.25, 0.3) is 0 Å². The summed E-state index contributed by atoms with van der Waals surface area (Å²) < 4.78 is 11.7. The molecule has 2 aromatic rings. The van der Waals surface area contributed by atoms with Crippen LogP contribution in [0.4, 0.5) is 5.13 Å². The molecule has 32 heavy (non-hydrogen) atoms. The number of ketones is 1.